The van der Waals surface area contributed by atoms with E-state index >= 15 is 0 Å². The number of benzene rings is 11. The summed E-state index contributed by atoms with van der Waals surface area (Å²) in [5.74, 6) is 1.87. The van der Waals surface area contributed by atoms with Gasteiger partial charge in [-0.25, -0.2) is 15.0 Å². The van der Waals surface area contributed by atoms with Crippen molar-refractivity contribution in [3.8, 4) is 56.9 Å². The molecule has 76 heavy (non-hydrogen) atoms. The Morgan fingerprint density at radius 3 is 1.16 bits per heavy atom. The Balaban J connectivity index is 1.00. The Morgan fingerprint density at radius 2 is 0.592 bits per heavy atom. The second-order valence-corrected chi connectivity index (χ2v) is 19.6. The molecule has 11 aromatic carbocycles. The Kier molecular flexibility index (Phi) is 9.20. The van der Waals surface area contributed by atoms with Crippen molar-refractivity contribution >= 4 is 87.2 Å². The summed E-state index contributed by atoms with van der Waals surface area (Å²) in [7, 11) is 0. The van der Waals surface area contributed by atoms with Crippen LogP contribution in [0.3, 0.4) is 0 Å². The van der Waals surface area contributed by atoms with Gasteiger partial charge >= 0.3 is 0 Å². The summed E-state index contributed by atoms with van der Waals surface area (Å²) in [5.41, 5.74) is 16.4. The van der Waals surface area contributed by atoms with Crippen LogP contribution in [0.1, 0.15) is 0 Å². The number of hydrogen-bond donors (Lipinski definition) is 0. The lowest BCUT2D eigenvalue weighted by Crippen LogP contribution is -2.00. The molecule has 0 saturated carbocycles. The van der Waals surface area contributed by atoms with E-state index in [2.05, 4.69) is 243 Å². The summed E-state index contributed by atoms with van der Waals surface area (Å²) in [6.45, 7) is 0. The van der Waals surface area contributed by atoms with E-state index in [4.69, 9.17) is 15.0 Å². The molecule has 5 aromatic heterocycles. The topological polar surface area (TPSA) is 58.4 Å². The van der Waals surface area contributed by atoms with Gasteiger partial charge in [0.2, 0.25) is 0 Å². The first-order valence-corrected chi connectivity index (χ1v) is 25.8. The summed E-state index contributed by atoms with van der Waals surface area (Å²) in [5, 5.41) is 9.47. The summed E-state index contributed by atoms with van der Waals surface area (Å²) in [6.07, 6.45) is 0. The Bertz CT molecular complexity index is 4900. The molecule has 5 heterocycles. The summed E-state index contributed by atoms with van der Waals surface area (Å²) in [4.78, 5) is 15.4. The van der Waals surface area contributed by atoms with Gasteiger partial charge in [-0.15, -0.1) is 0 Å². The van der Waals surface area contributed by atoms with Gasteiger partial charge in [-0.1, -0.05) is 164 Å². The van der Waals surface area contributed by atoms with Gasteiger partial charge in [0.05, 0.1) is 44.1 Å². The molecule has 7 heteroatoms. The van der Waals surface area contributed by atoms with Crippen LogP contribution in [-0.4, -0.2) is 33.2 Å². The smallest absolute Gasteiger partial charge is 0.164 e. The Hall–Kier alpha value is -10.4. The summed E-state index contributed by atoms with van der Waals surface area (Å²) < 4.78 is 9.80. The van der Waals surface area contributed by atoms with E-state index in [1.165, 1.54) is 38.1 Å². The average Bonchev–Trinajstić information content (AvgIpc) is 4.26. The molecule has 0 bridgehead atoms. The first-order valence-electron chi connectivity index (χ1n) is 25.8. The normalized spacial score (nSPS) is 11.9. The number of nitrogens with zero attached hydrogens (tertiary/aromatic N) is 7. The third-order valence-electron chi connectivity index (χ3n) is 15.4. The molecule has 16 aromatic rings. The predicted octanol–water partition coefficient (Wildman–Crippen LogP) is 17.3. The number of para-hydroxylation sites is 5. The zero-order valence-electron chi connectivity index (χ0n) is 41.0. The van der Waals surface area contributed by atoms with Crippen LogP contribution in [0.25, 0.3) is 144 Å². The van der Waals surface area contributed by atoms with Gasteiger partial charge in [0.15, 0.2) is 17.5 Å². The van der Waals surface area contributed by atoms with E-state index in [1.54, 1.807) is 0 Å². The maximum Gasteiger partial charge on any atom is 0.164 e. The minimum atomic E-state index is 0.614. The van der Waals surface area contributed by atoms with E-state index in [-0.39, 0.29) is 0 Å². The molecular formula is C69H43N7. The molecule has 0 radical (unpaired) electrons. The highest BCUT2D eigenvalue weighted by Gasteiger charge is 2.25. The zero-order valence-corrected chi connectivity index (χ0v) is 41.0. The van der Waals surface area contributed by atoms with Crippen LogP contribution < -0.4 is 0 Å². The molecule has 0 atom stereocenters. The lowest BCUT2D eigenvalue weighted by Gasteiger charge is -2.12. The molecule has 0 unspecified atom stereocenters. The molecule has 0 N–H and O–H groups in total. The van der Waals surface area contributed by atoms with Crippen molar-refractivity contribution in [1.82, 2.24) is 33.2 Å². The molecular weight excluding hydrogens is 927 g/mol. The Morgan fingerprint density at radius 1 is 0.211 bits per heavy atom. The molecule has 7 nitrogen and oxygen atoms in total. The standard InChI is InChI=1S/C69H43N7/c1-6-20-44(21-7-1)67-70-68(45-22-8-2-9-23-45)72-69(71-67)46-34-38-60-56(42-46)64-62(74(60)48-26-12-4-13-27-48)41-37-53-55-43-50(35-39-59(55)75(66(53)64)49-28-14-5-15-29-49)76-57-32-18-16-30-51(57)52-36-40-61-63(65(52)76)54-31-17-19-33-58(54)73(61)47-24-10-3-11-25-47/h1-43H. The van der Waals surface area contributed by atoms with Gasteiger partial charge in [-0.2, -0.15) is 0 Å². The molecule has 0 fully saturated rings. The van der Waals surface area contributed by atoms with Crippen molar-refractivity contribution < 1.29 is 0 Å². The van der Waals surface area contributed by atoms with Crippen LogP contribution in [0, 0.1) is 0 Å². The number of hydrogen-bond acceptors (Lipinski definition) is 3. The number of rotatable bonds is 7. The maximum absolute atomic E-state index is 5.21. The van der Waals surface area contributed by atoms with Crippen LogP contribution in [0.15, 0.2) is 261 Å². The fourth-order valence-corrected chi connectivity index (χ4v) is 12.1. The molecule has 0 spiro atoms. The zero-order chi connectivity index (χ0) is 49.8. The lowest BCUT2D eigenvalue weighted by molar-refractivity contribution is 1.07. The summed E-state index contributed by atoms with van der Waals surface area (Å²) >= 11 is 0. The molecule has 0 aliphatic rings. The summed E-state index contributed by atoms with van der Waals surface area (Å²) in [6, 6.07) is 93.4. The molecule has 0 saturated heterocycles. The fourth-order valence-electron chi connectivity index (χ4n) is 12.1. The van der Waals surface area contributed by atoms with E-state index in [1.807, 2.05) is 36.4 Å². The average molecular weight is 970 g/mol. The van der Waals surface area contributed by atoms with Crippen molar-refractivity contribution in [2.24, 2.45) is 0 Å². The van der Waals surface area contributed by atoms with Gasteiger partial charge in [-0.05, 0) is 97.1 Å². The SMILES string of the molecule is c1ccc(-c2nc(-c3ccccc3)nc(-c3ccc4c(c3)c3c(ccc5c6cc(-n7c8ccccc8c8ccc9c(c%10ccccc%10n9-c9ccccc9)c87)ccc6n(-c6ccccc6)c53)n4-c3ccccc3)n2)cc1. The highest BCUT2D eigenvalue weighted by atomic mass is 15.1. The first-order chi connectivity index (χ1) is 37.7. The van der Waals surface area contributed by atoms with Gasteiger partial charge in [0, 0.05) is 82.5 Å². The van der Waals surface area contributed by atoms with Crippen molar-refractivity contribution in [1.29, 1.82) is 0 Å². The van der Waals surface area contributed by atoms with Crippen molar-refractivity contribution in [3.63, 3.8) is 0 Å². The first kappa shape index (κ1) is 42.2. The minimum Gasteiger partial charge on any atom is -0.309 e. The molecule has 0 aliphatic heterocycles. The largest absolute Gasteiger partial charge is 0.309 e. The highest BCUT2D eigenvalue weighted by Crippen LogP contribution is 2.46. The lowest BCUT2D eigenvalue weighted by atomic mass is 10.0. The third-order valence-corrected chi connectivity index (χ3v) is 15.4. The molecule has 0 aliphatic carbocycles. The van der Waals surface area contributed by atoms with Gasteiger partial charge < -0.3 is 18.3 Å². The maximum atomic E-state index is 5.21. The van der Waals surface area contributed by atoms with Gasteiger partial charge in [0.1, 0.15) is 0 Å². The van der Waals surface area contributed by atoms with E-state index in [0.717, 1.165) is 88.6 Å². The number of fused-ring (bicyclic) bond motifs is 14. The van der Waals surface area contributed by atoms with Crippen molar-refractivity contribution in [2.75, 3.05) is 0 Å². The van der Waals surface area contributed by atoms with Crippen LogP contribution in [0.4, 0.5) is 0 Å². The second-order valence-electron chi connectivity index (χ2n) is 19.6. The minimum absolute atomic E-state index is 0.614. The monoisotopic (exact) mass is 969 g/mol. The van der Waals surface area contributed by atoms with Crippen molar-refractivity contribution in [2.45, 2.75) is 0 Å². The molecule has 0 amide bonds. The fraction of sp³-hybridized carbons (Fsp3) is 0. The van der Waals surface area contributed by atoms with Crippen LogP contribution >= 0.6 is 0 Å². The van der Waals surface area contributed by atoms with Gasteiger partial charge in [0.25, 0.3) is 0 Å². The van der Waals surface area contributed by atoms with Crippen LogP contribution in [-0.2, 0) is 0 Å². The van der Waals surface area contributed by atoms with Crippen LogP contribution in [0.2, 0.25) is 0 Å². The van der Waals surface area contributed by atoms with E-state index in [9.17, 15) is 0 Å². The Labute approximate surface area is 436 Å². The molecule has 16 rings (SSSR count). The van der Waals surface area contributed by atoms with Crippen LogP contribution in [0.5, 0.6) is 0 Å². The number of aromatic nitrogens is 7. The third kappa shape index (κ3) is 6.26. The van der Waals surface area contributed by atoms with Crippen molar-refractivity contribution in [3.05, 3.63) is 261 Å². The van der Waals surface area contributed by atoms with E-state index in [0.29, 0.717) is 17.5 Å². The van der Waals surface area contributed by atoms with Gasteiger partial charge in [-0.3, -0.25) is 0 Å². The highest BCUT2D eigenvalue weighted by molar-refractivity contribution is 6.28. The second kappa shape index (κ2) is 16.6. The van der Waals surface area contributed by atoms with E-state index < -0.39 is 0 Å². The quantitative estimate of drug-likeness (QED) is 0.160. The predicted molar refractivity (Wildman–Crippen MR) is 313 cm³/mol. The molecule has 354 valence electrons.